The highest BCUT2D eigenvalue weighted by Gasteiger charge is 2.37. The van der Waals surface area contributed by atoms with Gasteiger partial charge in [-0.05, 0) is 32.6 Å². The van der Waals surface area contributed by atoms with Crippen LogP contribution < -0.4 is 10.6 Å². The van der Waals surface area contributed by atoms with Crippen LogP contribution in [0, 0.1) is 10.1 Å². The molecule has 1 aliphatic carbocycles. The number of nitro groups is 1. The third-order valence-corrected chi connectivity index (χ3v) is 3.67. The lowest BCUT2D eigenvalue weighted by Crippen LogP contribution is -2.44. The molecule has 1 fully saturated rings. The van der Waals surface area contributed by atoms with E-state index in [1.165, 1.54) is 6.20 Å². The number of nitrogens with one attached hydrogen (secondary N) is 2. The molecule has 0 unspecified atom stereocenters. The van der Waals surface area contributed by atoms with Crippen molar-refractivity contribution in [3.8, 4) is 0 Å². The van der Waals surface area contributed by atoms with Crippen LogP contribution >= 0.6 is 0 Å². The van der Waals surface area contributed by atoms with Crippen molar-refractivity contribution in [3.05, 3.63) is 16.3 Å². The van der Waals surface area contributed by atoms with Crippen LogP contribution in [0.25, 0.3) is 0 Å². The van der Waals surface area contributed by atoms with E-state index in [1.807, 2.05) is 6.92 Å². The molecule has 1 aliphatic rings. The van der Waals surface area contributed by atoms with Crippen LogP contribution in [-0.2, 0) is 0 Å². The largest absolute Gasteiger partial charge is 0.359 e. The summed E-state index contributed by atoms with van der Waals surface area (Å²) in [4.78, 5) is 18.8. The van der Waals surface area contributed by atoms with E-state index in [0.717, 1.165) is 25.7 Å². The molecular formula is C12H19N5O2. The summed E-state index contributed by atoms with van der Waals surface area (Å²) in [5.41, 5.74) is -0.107. The Morgan fingerprint density at radius 1 is 1.47 bits per heavy atom. The first-order valence-electron chi connectivity index (χ1n) is 6.63. The van der Waals surface area contributed by atoms with Crippen molar-refractivity contribution >= 4 is 17.5 Å². The molecular weight excluding hydrogens is 246 g/mol. The third kappa shape index (κ3) is 2.74. The van der Waals surface area contributed by atoms with Crippen molar-refractivity contribution in [2.24, 2.45) is 0 Å². The fourth-order valence-corrected chi connectivity index (χ4v) is 2.27. The molecule has 0 amide bonds. The van der Waals surface area contributed by atoms with Crippen LogP contribution in [0.4, 0.5) is 17.5 Å². The van der Waals surface area contributed by atoms with E-state index in [-0.39, 0.29) is 11.2 Å². The smallest absolute Gasteiger partial charge is 0.329 e. The van der Waals surface area contributed by atoms with Crippen LogP contribution in [0.2, 0.25) is 0 Å². The van der Waals surface area contributed by atoms with Gasteiger partial charge in [0.1, 0.15) is 6.20 Å². The van der Waals surface area contributed by atoms with Crippen molar-refractivity contribution in [2.75, 3.05) is 17.2 Å². The lowest BCUT2D eigenvalue weighted by molar-refractivity contribution is -0.384. The first-order valence-corrected chi connectivity index (χ1v) is 6.63. The Kier molecular flexibility index (Phi) is 3.82. The minimum absolute atomic E-state index is 0.0391. The molecule has 104 valence electrons. The molecule has 2 rings (SSSR count). The van der Waals surface area contributed by atoms with Gasteiger partial charge < -0.3 is 10.6 Å². The molecule has 0 aromatic carbocycles. The highest BCUT2D eigenvalue weighted by atomic mass is 16.6. The number of anilines is 2. The molecule has 1 heterocycles. The van der Waals surface area contributed by atoms with Crippen molar-refractivity contribution in [2.45, 2.75) is 45.1 Å². The third-order valence-electron chi connectivity index (χ3n) is 3.67. The van der Waals surface area contributed by atoms with Crippen LogP contribution in [-0.4, -0.2) is 27.0 Å². The Labute approximate surface area is 112 Å². The Hall–Kier alpha value is -1.92. The van der Waals surface area contributed by atoms with E-state index in [0.29, 0.717) is 18.3 Å². The lowest BCUT2D eigenvalue weighted by Gasteiger charge is -2.42. The monoisotopic (exact) mass is 265 g/mol. The maximum absolute atomic E-state index is 11.0. The summed E-state index contributed by atoms with van der Waals surface area (Å²) in [5.74, 6) is 0.735. The van der Waals surface area contributed by atoms with Gasteiger partial charge in [0.15, 0.2) is 0 Å². The molecule has 0 spiro atoms. The minimum Gasteiger partial charge on any atom is -0.359 e. The molecule has 0 radical (unpaired) electrons. The van der Waals surface area contributed by atoms with Gasteiger partial charge in [0.2, 0.25) is 11.8 Å². The maximum Gasteiger partial charge on any atom is 0.329 e. The van der Waals surface area contributed by atoms with Crippen molar-refractivity contribution in [3.63, 3.8) is 0 Å². The summed E-state index contributed by atoms with van der Waals surface area (Å²) in [5, 5.41) is 17.3. The Balaban J connectivity index is 2.29. The molecule has 1 aromatic rings. The standard InChI is InChI=1S/C12H19N5O2/c1-3-12(6-5-7-12)16-10-9(17(18)19)8-14-11(15-10)13-4-2/h8H,3-7H2,1-2H3,(H2,13,14,15,16). The van der Waals surface area contributed by atoms with E-state index in [9.17, 15) is 10.1 Å². The van der Waals surface area contributed by atoms with Crippen LogP contribution in [0.1, 0.15) is 39.5 Å². The van der Waals surface area contributed by atoms with Gasteiger partial charge in [-0.3, -0.25) is 10.1 Å². The second-order valence-electron chi connectivity index (χ2n) is 4.83. The van der Waals surface area contributed by atoms with Gasteiger partial charge in [-0.2, -0.15) is 4.98 Å². The molecule has 0 aliphatic heterocycles. The van der Waals surface area contributed by atoms with E-state index in [4.69, 9.17) is 0 Å². The molecule has 7 heteroatoms. The molecule has 2 N–H and O–H groups in total. The molecule has 1 saturated carbocycles. The highest BCUT2D eigenvalue weighted by Crippen LogP contribution is 2.39. The second kappa shape index (κ2) is 5.38. The number of hydrogen-bond donors (Lipinski definition) is 2. The van der Waals surface area contributed by atoms with Gasteiger partial charge in [0, 0.05) is 12.1 Å². The minimum atomic E-state index is -0.444. The normalized spacial score (nSPS) is 16.5. The molecule has 0 bridgehead atoms. The second-order valence-corrected chi connectivity index (χ2v) is 4.83. The summed E-state index contributed by atoms with van der Waals surface area (Å²) in [6.45, 7) is 4.69. The van der Waals surface area contributed by atoms with Gasteiger partial charge >= 0.3 is 5.69 Å². The average Bonchev–Trinajstić information content (AvgIpc) is 2.34. The van der Waals surface area contributed by atoms with Crippen LogP contribution in [0.5, 0.6) is 0 Å². The summed E-state index contributed by atoms with van der Waals surface area (Å²) in [6, 6.07) is 0. The molecule has 0 atom stereocenters. The molecule has 19 heavy (non-hydrogen) atoms. The Morgan fingerprint density at radius 3 is 2.68 bits per heavy atom. The Morgan fingerprint density at radius 2 is 2.21 bits per heavy atom. The van der Waals surface area contributed by atoms with Crippen LogP contribution in [0.15, 0.2) is 6.20 Å². The van der Waals surface area contributed by atoms with Crippen molar-refractivity contribution < 1.29 is 4.92 Å². The molecule has 7 nitrogen and oxygen atoms in total. The lowest BCUT2D eigenvalue weighted by atomic mass is 9.75. The SMILES string of the molecule is CCNc1ncc([N+](=O)[O-])c(NC2(CC)CCC2)n1. The molecule has 0 saturated heterocycles. The number of aromatic nitrogens is 2. The quantitative estimate of drug-likeness (QED) is 0.606. The van der Waals surface area contributed by atoms with Crippen LogP contribution in [0.3, 0.4) is 0 Å². The average molecular weight is 265 g/mol. The summed E-state index contributed by atoms with van der Waals surface area (Å²) in [6.07, 6.45) is 5.40. The predicted molar refractivity (Wildman–Crippen MR) is 73.3 cm³/mol. The predicted octanol–water partition coefficient (Wildman–Crippen LogP) is 2.56. The topological polar surface area (TPSA) is 93.0 Å². The first-order chi connectivity index (χ1) is 9.10. The van der Waals surface area contributed by atoms with Crippen molar-refractivity contribution in [1.82, 2.24) is 9.97 Å². The number of nitrogens with zero attached hydrogens (tertiary/aromatic N) is 3. The maximum atomic E-state index is 11.0. The fourth-order valence-electron chi connectivity index (χ4n) is 2.27. The fraction of sp³-hybridized carbons (Fsp3) is 0.667. The van der Waals surface area contributed by atoms with E-state index >= 15 is 0 Å². The van der Waals surface area contributed by atoms with E-state index < -0.39 is 4.92 Å². The number of rotatable bonds is 6. The summed E-state index contributed by atoms with van der Waals surface area (Å²) >= 11 is 0. The number of hydrogen-bond acceptors (Lipinski definition) is 6. The van der Waals surface area contributed by atoms with Crippen molar-refractivity contribution in [1.29, 1.82) is 0 Å². The zero-order chi connectivity index (χ0) is 13.9. The first kappa shape index (κ1) is 13.5. The van der Waals surface area contributed by atoms with Gasteiger partial charge in [-0.15, -0.1) is 0 Å². The van der Waals surface area contributed by atoms with E-state index in [2.05, 4.69) is 27.5 Å². The van der Waals surface area contributed by atoms with Gasteiger partial charge in [0.25, 0.3) is 0 Å². The van der Waals surface area contributed by atoms with Gasteiger partial charge in [-0.1, -0.05) is 6.92 Å². The van der Waals surface area contributed by atoms with Gasteiger partial charge in [-0.25, -0.2) is 4.98 Å². The zero-order valence-electron chi connectivity index (χ0n) is 11.3. The summed E-state index contributed by atoms with van der Waals surface area (Å²) in [7, 11) is 0. The summed E-state index contributed by atoms with van der Waals surface area (Å²) < 4.78 is 0. The Bertz CT molecular complexity index is 468. The molecule has 1 aromatic heterocycles. The van der Waals surface area contributed by atoms with E-state index in [1.54, 1.807) is 0 Å². The highest BCUT2D eigenvalue weighted by molar-refractivity contribution is 5.58. The zero-order valence-corrected chi connectivity index (χ0v) is 11.3. The van der Waals surface area contributed by atoms with Gasteiger partial charge in [0.05, 0.1) is 4.92 Å².